The molecule has 1 nitrogen and oxygen atoms in total. The summed E-state index contributed by atoms with van der Waals surface area (Å²) in [5, 5.41) is 19.5. The van der Waals surface area contributed by atoms with Crippen molar-refractivity contribution >= 4 is 43.1 Å². The Morgan fingerprint density at radius 2 is 1.03 bits per heavy atom. The lowest BCUT2D eigenvalue weighted by molar-refractivity contribution is 1.48. The van der Waals surface area contributed by atoms with Crippen LogP contribution in [-0.2, 0) is 0 Å². The van der Waals surface area contributed by atoms with Crippen molar-refractivity contribution in [2.45, 2.75) is 0 Å². The first kappa shape index (κ1) is 18.9. The fraction of sp³-hybridized carbons (Fsp3) is 0. The lowest BCUT2D eigenvalue weighted by atomic mass is 9.89. The van der Waals surface area contributed by atoms with Crippen molar-refractivity contribution in [1.29, 1.82) is 5.26 Å². The Labute approximate surface area is 197 Å². The zero-order chi connectivity index (χ0) is 22.6. The Morgan fingerprint density at radius 3 is 1.82 bits per heavy atom. The topological polar surface area (TPSA) is 23.8 Å². The number of hydrogen-bond donors (Lipinski definition) is 0. The highest BCUT2D eigenvalue weighted by molar-refractivity contribution is 6.25. The molecule has 7 aromatic carbocycles. The Kier molecular flexibility index (Phi) is 3.98. The molecule has 0 radical (unpaired) electrons. The van der Waals surface area contributed by atoms with Gasteiger partial charge in [0.05, 0.1) is 11.6 Å². The van der Waals surface area contributed by atoms with Gasteiger partial charge < -0.3 is 0 Å². The van der Waals surface area contributed by atoms with Gasteiger partial charge in [-0.2, -0.15) is 5.26 Å². The standard InChI is InChI=1S/C33H19N/c34-20-21-3-1-6-25(17-21)26-9-10-28-19-29(12-11-27(28)18-26)30-15-13-24-8-7-22-4-2-5-23-14-16-31(30)33(24)32(22)23/h1-19H. The van der Waals surface area contributed by atoms with Crippen molar-refractivity contribution < 1.29 is 0 Å². The van der Waals surface area contributed by atoms with Gasteiger partial charge in [0, 0.05) is 0 Å². The minimum Gasteiger partial charge on any atom is -0.192 e. The fourth-order valence-electron chi connectivity index (χ4n) is 5.35. The van der Waals surface area contributed by atoms with Gasteiger partial charge in [-0.1, -0.05) is 91.0 Å². The Morgan fingerprint density at radius 1 is 0.441 bits per heavy atom. The molecule has 0 unspecified atom stereocenters. The summed E-state index contributed by atoms with van der Waals surface area (Å²) >= 11 is 0. The maximum atomic E-state index is 9.24. The number of nitrogens with zero attached hydrogens (tertiary/aromatic N) is 1. The third-order valence-corrected chi connectivity index (χ3v) is 7.00. The predicted molar refractivity (Wildman–Crippen MR) is 143 cm³/mol. The lowest BCUT2D eigenvalue weighted by Gasteiger charge is -2.14. The smallest absolute Gasteiger partial charge is 0.0991 e. The molecule has 0 N–H and O–H groups in total. The summed E-state index contributed by atoms with van der Waals surface area (Å²) in [5.74, 6) is 0. The number of rotatable bonds is 2. The van der Waals surface area contributed by atoms with Crippen LogP contribution in [0.25, 0.3) is 65.3 Å². The van der Waals surface area contributed by atoms with Crippen LogP contribution < -0.4 is 0 Å². The second kappa shape index (κ2) is 7.17. The summed E-state index contributed by atoms with van der Waals surface area (Å²) in [6.07, 6.45) is 0. The second-order valence-corrected chi connectivity index (χ2v) is 8.94. The molecule has 156 valence electrons. The predicted octanol–water partition coefficient (Wildman–Crippen LogP) is 8.94. The molecule has 0 spiro atoms. The average Bonchev–Trinajstić information content (AvgIpc) is 2.91. The van der Waals surface area contributed by atoms with Crippen molar-refractivity contribution in [2.24, 2.45) is 0 Å². The van der Waals surface area contributed by atoms with Crippen LogP contribution in [0.4, 0.5) is 0 Å². The third kappa shape index (κ3) is 2.80. The van der Waals surface area contributed by atoms with Gasteiger partial charge >= 0.3 is 0 Å². The zero-order valence-corrected chi connectivity index (χ0v) is 18.4. The first-order valence-electron chi connectivity index (χ1n) is 11.5. The van der Waals surface area contributed by atoms with Gasteiger partial charge in [-0.15, -0.1) is 0 Å². The van der Waals surface area contributed by atoms with Gasteiger partial charge in [0.1, 0.15) is 0 Å². The molecule has 34 heavy (non-hydrogen) atoms. The molecular formula is C33H19N. The number of nitriles is 1. The van der Waals surface area contributed by atoms with E-state index in [0.717, 1.165) is 11.1 Å². The molecule has 0 aliphatic carbocycles. The van der Waals surface area contributed by atoms with Crippen LogP contribution >= 0.6 is 0 Å². The van der Waals surface area contributed by atoms with E-state index in [-0.39, 0.29) is 0 Å². The Bertz CT molecular complexity index is 1900. The van der Waals surface area contributed by atoms with Gasteiger partial charge in [0.2, 0.25) is 0 Å². The lowest BCUT2D eigenvalue weighted by Crippen LogP contribution is -1.87. The highest BCUT2D eigenvalue weighted by Crippen LogP contribution is 2.40. The first-order chi connectivity index (χ1) is 16.8. The van der Waals surface area contributed by atoms with Gasteiger partial charge in [0.15, 0.2) is 0 Å². The van der Waals surface area contributed by atoms with Crippen molar-refractivity contribution in [3.8, 4) is 28.3 Å². The fourth-order valence-corrected chi connectivity index (χ4v) is 5.35. The summed E-state index contributed by atoms with van der Waals surface area (Å²) in [6, 6.07) is 43.3. The molecule has 0 aliphatic rings. The largest absolute Gasteiger partial charge is 0.192 e. The molecule has 0 aromatic heterocycles. The number of fused-ring (bicyclic) bond motifs is 1. The molecule has 0 aliphatic heterocycles. The molecule has 7 rings (SSSR count). The highest BCUT2D eigenvalue weighted by atomic mass is 14.2. The molecule has 0 bridgehead atoms. The van der Waals surface area contributed by atoms with Crippen LogP contribution in [0.15, 0.2) is 115 Å². The van der Waals surface area contributed by atoms with E-state index in [0.29, 0.717) is 5.56 Å². The Hall–Kier alpha value is -4.67. The van der Waals surface area contributed by atoms with E-state index in [1.807, 2.05) is 18.2 Å². The van der Waals surface area contributed by atoms with Crippen LogP contribution in [0.3, 0.4) is 0 Å². The molecule has 1 heteroatoms. The minimum atomic E-state index is 0.682. The van der Waals surface area contributed by atoms with E-state index in [1.165, 1.54) is 54.2 Å². The van der Waals surface area contributed by atoms with Crippen LogP contribution in [0.1, 0.15) is 5.56 Å². The molecule has 0 saturated heterocycles. The van der Waals surface area contributed by atoms with E-state index in [9.17, 15) is 5.26 Å². The summed E-state index contributed by atoms with van der Waals surface area (Å²) in [5.41, 5.74) is 5.36. The van der Waals surface area contributed by atoms with Gasteiger partial charge in [-0.25, -0.2) is 0 Å². The van der Waals surface area contributed by atoms with E-state index in [2.05, 4.69) is 103 Å². The van der Waals surface area contributed by atoms with Gasteiger partial charge in [-0.3, -0.25) is 0 Å². The van der Waals surface area contributed by atoms with Gasteiger partial charge in [-0.05, 0) is 89.6 Å². The average molecular weight is 430 g/mol. The first-order valence-corrected chi connectivity index (χ1v) is 11.5. The van der Waals surface area contributed by atoms with E-state index < -0.39 is 0 Å². The summed E-state index contributed by atoms with van der Waals surface area (Å²) < 4.78 is 0. The van der Waals surface area contributed by atoms with Crippen molar-refractivity contribution in [1.82, 2.24) is 0 Å². The van der Waals surface area contributed by atoms with E-state index in [1.54, 1.807) is 0 Å². The minimum absolute atomic E-state index is 0.682. The zero-order valence-electron chi connectivity index (χ0n) is 18.4. The van der Waals surface area contributed by atoms with Crippen LogP contribution in [-0.4, -0.2) is 0 Å². The molecule has 0 heterocycles. The molecular weight excluding hydrogens is 410 g/mol. The maximum Gasteiger partial charge on any atom is 0.0991 e. The highest BCUT2D eigenvalue weighted by Gasteiger charge is 2.12. The van der Waals surface area contributed by atoms with Crippen molar-refractivity contribution in [3.63, 3.8) is 0 Å². The van der Waals surface area contributed by atoms with Crippen LogP contribution in [0.5, 0.6) is 0 Å². The van der Waals surface area contributed by atoms with Gasteiger partial charge in [0.25, 0.3) is 0 Å². The molecule has 7 aromatic rings. The molecule has 0 atom stereocenters. The van der Waals surface area contributed by atoms with Crippen molar-refractivity contribution in [2.75, 3.05) is 0 Å². The van der Waals surface area contributed by atoms with E-state index >= 15 is 0 Å². The maximum absolute atomic E-state index is 9.24. The van der Waals surface area contributed by atoms with E-state index in [4.69, 9.17) is 0 Å². The second-order valence-electron chi connectivity index (χ2n) is 8.94. The Balaban J connectivity index is 1.40. The summed E-state index contributed by atoms with van der Waals surface area (Å²) in [4.78, 5) is 0. The van der Waals surface area contributed by atoms with Crippen LogP contribution in [0.2, 0.25) is 0 Å². The monoisotopic (exact) mass is 429 g/mol. The molecule has 0 saturated carbocycles. The van der Waals surface area contributed by atoms with Crippen molar-refractivity contribution in [3.05, 3.63) is 121 Å². The quantitative estimate of drug-likeness (QED) is 0.252. The number of benzene rings is 7. The number of hydrogen-bond acceptors (Lipinski definition) is 1. The normalized spacial score (nSPS) is 11.5. The molecule has 0 fully saturated rings. The third-order valence-electron chi connectivity index (χ3n) is 7.00. The van der Waals surface area contributed by atoms with Crippen LogP contribution in [0, 0.1) is 11.3 Å². The molecule has 0 amide bonds. The SMILES string of the molecule is N#Cc1cccc(-c2ccc3cc(-c4ccc5ccc6cccc7ccc4c5c67)ccc3c2)c1. The summed E-state index contributed by atoms with van der Waals surface area (Å²) in [6.45, 7) is 0. The summed E-state index contributed by atoms with van der Waals surface area (Å²) in [7, 11) is 0.